The summed E-state index contributed by atoms with van der Waals surface area (Å²) in [5.41, 5.74) is -0.421. The molecule has 0 aliphatic carbocycles. The Kier molecular flexibility index (Phi) is 5.19. The first kappa shape index (κ1) is 16.3. The number of nitrogens with zero attached hydrogens (tertiary/aromatic N) is 2. The summed E-state index contributed by atoms with van der Waals surface area (Å²) in [6.07, 6.45) is 1.64. The fourth-order valence-corrected chi connectivity index (χ4v) is 2.15. The third kappa shape index (κ3) is 3.79. The summed E-state index contributed by atoms with van der Waals surface area (Å²) in [6, 6.07) is 5.38. The van der Waals surface area contributed by atoms with Crippen molar-refractivity contribution in [2.24, 2.45) is 0 Å². The average Bonchev–Trinajstić information content (AvgIpc) is 2.54. The molecule has 1 aromatic carbocycles. The third-order valence-electron chi connectivity index (χ3n) is 3.19. The maximum atomic E-state index is 12.0. The predicted octanol–water partition coefficient (Wildman–Crippen LogP) is 0.668. The normalized spacial score (nSPS) is 10.2. The number of nitrogens with one attached hydrogen (secondary N) is 2. The smallest absolute Gasteiger partial charge is 0.342 e. The van der Waals surface area contributed by atoms with Gasteiger partial charge in [0.1, 0.15) is 11.5 Å². The second kappa shape index (κ2) is 7.30. The van der Waals surface area contributed by atoms with E-state index in [9.17, 15) is 9.59 Å². The number of methoxy groups -OCH3 is 2. The summed E-state index contributed by atoms with van der Waals surface area (Å²) in [4.78, 5) is 26.9. The van der Waals surface area contributed by atoms with Gasteiger partial charge in [-0.2, -0.15) is 0 Å². The Labute approximate surface area is 132 Å². The standard InChI is InChI=1S/C15H18N4O4/c1-4-7-19(13-14(20)16-15(21)18-17-13)9-10-8-11(22-2)5-6-12(10)23-3/h4-6,8H,1,7,9H2,2-3H3,(H2,16,18,20,21). The van der Waals surface area contributed by atoms with Gasteiger partial charge < -0.3 is 14.4 Å². The van der Waals surface area contributed by atoms with Gasteiger partial charge >= 0.3 is 5.69 Å². The lowest BCUT2D eigenvalue weighted by molar-refractivity contribution is 0.398. The number of aromatic nitrogens is 3. The Balaban J connectivity index is 2.41. The molecule has 0 saturated heterocycles. The van der Waals surface area contributed by atoms with Crippen LogP contribution in [0.4, 0.5) is 5.82 Å². The van der Waals surface area contributed by atoms with Crippen LogP contribution in [0.1, 0.15) is 5.56 Å². The molecule has 1 aromatic heterocycles. The van der Waals surface area contributed by atoms with Crippen molar-refractivity contribution >= 4 is 5.82 Å². The van der Waals surface area contributed by atoms with Crippen LogP contribution < -0.4 is 25.6 Å². The maximum Gasteiger partial charge on any atom is 0.342 e. The van der Waals surface area contributed by atoms with Crippen LogP contribution in [-0.4, -0.2) is 35.9 Å². The van der Waals surface area contributed by atoms with E-state index in [2.05, 4.69) is 21.8 Å². The molecule has 8 heteroatoms. The van der Waals surface area contributed by atoms with Crippen LogP contribution in [0, 0.1) is 0 Å². The van der Waals surface area contributed by atoms with Crippen molar-refractivity contribution in [2.45, 2.75) is 6.54 Å². The Morgan fingerprint density at radius 1 is 1.30 bits per heavy atom. The van der Waals surface area contributed by atoms with E-state index in [0.717, 1.165) is 5.56 Å². The lowest BCUT2D eigenvalue weighted by Crippen LogP contribution is -2.34. The molecule has 0 amide bonds. The highest BCUT2D eigenvalue weighted by molar-refractivity contribution is 5.44. The first-order valence-corrected chi connectivity index (χ1v) is 6.84. The van der Waals surface area contributed by atoms with E-state index in [1.807, 2.05) is 6.07 Å². The Morgan fingerprint density at radius 2 is 2.09 bits per heavy atom. The molecule has 2 rings (SSSR count). The second-order valence-corrected chi connectivity index (χ2v) is 4.68. The van der Waals surface area contributed by atoms with Gasteiger partial charge in [0.25, 0.3) is 5.56 Å². The van der Waals surface area contributed by atoms with Crippen molar-refractivity contribution in [3.8, 4) is 11.5 Å². The summed E-state index contributed by atoms with van der Waals surface area (Å²) >= 11 is 0. The molecule has 0 unspecified atom stereocenters. The zero-order valence-corrected chi connectivity index (χ0v) is 13.0. The van der Waals surface area contributed by atoms with E-state index in [1.54, 1.807) is 37.3 Å². The van der Waals surface area contributed by atoms with E-state index < -0.39 is 11.2 Å². The molecular weight excluding hydrogens is 300 g/mol. The molecule has 0 saturated carbocycles. The van der Waals surface area contributed by atoms with Gasteiger partial charge in [0.2, 0.25) is 5.82 Å². The number of rotatable bonds is 7. The van der Waals surface area contributed by atoms with E-state index in [0.29, 0.717) is 24.6 Å². The second-order valence-electron chi connectivity index (χ2n) is 4.68. The summed E-state index contributed by atoms with van der Waals surface area (Å²) in [6.45, 7) is 4.37. The van der Waals surface area contributed by atoms with Crippen LogP contribution in [0.3, 0.4) is 0 Å². The lowest BCUT2D eigenvalue weighted by Gasteiger charge is -2.22. The monoisotopic (exact) mass is 318 g/mol. The molecule has 0 bridgehead atoms. The molecular formula is C15H18N4O4. The van der Waals surface area contributed by atoms with Gasteiger partial charge in [-0.25, -0.2) is 9.89 Å². The van der Waals surface area contributed by atoms with Gasteiger partial charge in [0.05, 0.1) is 14.2 Å². The highest BCUT2D eigenvalue weighted by Gasteiger charge is 2.15. The molecule has 1 heterocycles. The number of ether oxygens (including phenoxy) is 2. The van der Waals surface area contributed by atoms with Crippen LogP contribution in [-0.2, 0) is 6.54 Å². The highest BCUT2D eigenvalue weighted by atomic mass is 16.5. The summed E-state index contributed by atoms with van der Waals surface area (Å²) in [5.74, 6) is 1.41. The fraction of sp³-hybridized carbons (Fsp3) is 0.267. The van der Waals surface area contributed by atoms with Gasteiger partial charge in [-0.3, -0.25) is 9.78 Å². The topological polar surface area (TPSA) is 100 Å². The van der Waals surface area contributed by atoms with Crippen molar-refractivity contribution in [2.75, 3.05) is 25.7 Å². The Morgan fingerprint density at radius 3 is 2.70 bits per heavy atom. The highest BCUT2D eigenvalue weighted by Crippen LogP contribution is 2.25. The van der Waals surface area contributed by atoms with Gasteiger partial charge in [0, 0.05) is 18.7 Å². The summed E-state index contributed by atoms with van der Waals surface area (Å²) < 4.78 is 10.6. The van der Waals surface area contributed by atoms with Gasteiger partial charge in [-0.05, 0) is 18.2 Å². The van der Waals surface area contributed by atoms with Crippen LogP contribution in [0.5, 0.6) is 11.5 Å². The number of H-pyrrole nitrogens is 2. The molecule has 0 aliphatic heterocycles. The first-order valence-electron chi connectivity index (χ1n) is 6.84. The summed E-state index contributed by atoms with van der Waals surface area (Å²) in [5, 5.41) is 6.04. The van der Waals surface area contributed by atoms with Crippen LogP contribution in [0.15, 0.2) is 40.4 Å². The van der Waals surface area contributed by atoms with Crippen LogP contribution in [0.25, 0.3) is 0 Å². The van der Waals surface area contributed by atoms with Crippen molar-refractivity contribution in [1.29, 1.82) is 0 Å². The van der Waals surface area contributed by atoms with Crippen molar-refractivity contribution in [3.63, 3.8) is 0 Å². The molecule has 23 heavy (non-hydrogen) atoms. The van der Waals surface area contributed by atoms with Gasteiger partial charge in [-0.1, -0.05) is 6.08 Å². The van der Waals surface area contributed by atoms with E-state index in [-0.39, 0.29) is 5.82 Å². The van der Waals surface area contributed by atoms with Crippen molar-refractivity contribution in [1.82, 2.24) is 15.2 Å². The van der Waals surface area contributed by atoms with Gasteiger partial charge in [-0.15, -0.1) is 11.7 Å². The summed E-state index contributed by atoms with van der Waals surface area (Å²) in [7, 11) is 3.13. The number of hydrogen-bond donors (Lipinski definition) is 2. The largest absolute Gasteiger partial charge is 0.497 e. The van der Waals surface area contributed by atoms with E-state index in [4.69, 9.17) is 9.47 Å². The van der Waals surface area contributed by atoms with Crippen molar-refractivity contribution < 1.29 is 9.47 Å². The zero-order chi connectivity index (χ0) is 16.8. The average molecular weight is 318 g/mol. The number of benzene rings is 1. The van der Waals surface area contributed by atoms with Crippen LogP contribution >= 0.6 is 0 Å². The minimum absolute atomic E-state index is 0.0920. The van der Waals surface area contributed by atoms with E-state index >= 15 is 0 Å². The van der Waals surface area contributed by atoms with Crippen LogP contribution in [0.2, 0.25) is 0 Å². The molecule has 2 aromatic rings. The molecule has 0 atom stereocenters. The number of hydrogen-bond acceptors (Lipinski definition) is 6. The fourth-order valence-electron chi connectivity index (χ4n) is 2.15. The maximum absolute atomic E-state index is 12.0. The Bertz CT molecular complexity index is 797. The lowest BCUT2D eigenvalue weighted by atomic mass is 10.1. The SMILES string of the molecule is C=CCN(Cc1cc(OC)ccc1OC)c1n[nH]c(=O)[nH]c1=O. The molecule has 0 radical (unpaired) electrons. The number of aromatic amines is 2. The quantitative estimate of drug-likeness (QED) is 0.728. The van der Waals surface area contributed by atoms with E-state index in [1.165, 1.54) is 0 Å². The molecule has 0 aliphatic rings. The molecule has 122 valence electrons. The van der Waals surface area contributed by atoms with Crippen molar-refractivity contribution in [3.05, 3.63) is 57.3 Å². The first-order chi connectivity index (χ1) is 11.1. The third-order valence-corrected chi connectivity index (χ3v) is 3.19. The molecule has 2 N–H and O–H groups in total. The molecule has 0 spiro atoms. The molecule has 8 nitrogen and oxygen atoms in total. The molecule has 0 fully saturated rings. The number of anilines is 1. The zero-order valence-electron chi connectivity index (χ0n) is 13.0. The van der Waals surface area contributed by atoms with Gasteiger partial charge in [0.15, 0.2) is 0 Å². The Hall–Kier alpha value is -3.03. The predicted molar refractivity (Wildman–Crippen MR) is 86.3 cm³/mol. The minimum atomic E-state index is -0.656. The minimum Gasteiger partial charge on any atom is -0.497 e.